The van der Waals surface area contributed by atoms with Gasteiger partial charge >= 0.3 is 11.9 Å². The average Bonchev–Trinajstić information content (AvgIpc) is 3.23. The molecule has 0 radical (unpaired) electrons. The van der Waals surface area contributed by atoms with Crippen molar-refractivity contribution in [2.24, 2.45) is 22.7 Å². The molecule has 2 N–H and O–H groups in total. The number of hydrogen-bond donors (Lipinski definition) is 2. The second kappa shape index (κ2) is 8.53. The molecule has 0 spiro atoms. The maximum Gasteiger partial charge on any atom is 0.306 e. The van der Waals surface area contributed by atoms with Crippen LogP contribution >= 0.6 is 0 Å². The lowest BCUT2D eigenvalue weighted by atomic mass is 9.44. The highest BCUT2D eigenvalue weighted by Gasteiger charge is 2.80. The summed E-state index contributed by atoms with van der Waals surface area (Å²) in [6.07, 6.45) is 2.50. The Balaban J connectivity index is 1.50. The fourth-order valence-corrected chi connectivity index (χ4v) is 8.34. The predicted octanol–water partition coefficient (Wildman–Crippen LogP) is 2.83. The first kappa shape index (κ1) is 27.1. The molecule has 3 saturated carbocycles. The third-order valence-electron chi connectivity index (χ3n) is 9.96. The summed E-state index contributed by atoms with van der Waals surface area (Å²) in [6.45, 7) is 6.26. The van der Waals surface area contributed by atoms with Crippen molar-refractivity contribution in [2.45, 2.75) is 95.5 Å². The summed E-state index contributed by atoms with van der Waals surface area (Å²) >= 11 is 0. The van der Waals surface area contributed by atoms with Gasteiger partial charge in [0.15, 0.2) is 29.4 Å². The van der Waals surface area contributed by atoms with Crippen molar-refractivity contribution >= 4 is 23.5 Å². The van der Waals surface area contributed by atoms with Crippen LogP contribution in [0.5, 0.6) is 0 Å². The number of carboxylic acid groups (broad SMARTS) is 1. The van der Waals surface area contributed by atoms with E-state index in [4.69, 9.17) is 19.3 Å². The lowest BCUT2D eigenvalue weighted by Crippen LogP contribution is -2.70. The SMILES string of the molecule is CC1(C)O[C@@H]2CC3C4CCC5=CC(=O)C=C[C@]5(C)C4(F)[C@@H](O)C[C@]3(C)[C@]2(C(=O)COC(=O)CCC(=O)O)O1. The summed E-state index contributed by atoms with van der Waals surface area (Å²) in [5.41, 5.74) is -5.20. The number of Topliss-reactive ketones (excluding diaryl/α,β-unsaturated/α-hetero) is 1. The molecule has 1 saturated heterocycles. The van der Waals surface area contributed by atoms with Crippen LogP contribution in [0.2, 0.25) is 0 Å². The van der Waals surface area contributed by atoms with E-state index in [0.717, 1.165) is 0 Å². The number of halogens is 1. The number of allylic oxidation sites excluding steroid dienone is 4. The van der Waals surface area contributed by atoms with E-state index < -0.39 is 82.7 Å². The smallest absolute Gasteiger partial charge is 0.306 e. The number of rotatable bonds is 6. The van der Waals surface area contributed by atoms with Gasteiger partial charge in [-0.15, -0.1) is 0 Å². The molecule has 4 aliphatic carbocycles. The van der Waals surface area contributed by atoms with Crippen LogP contribution in [0.25, 0.3) is 0 Å². The lowest BCUT2D eigenvalue weighted by molar-refractivity contribution is -0.246. The molecule has 5 aliphatic rings. The van der Waals surface area contributed by atoms with Gasteiger partial charge in [-0.2, -0.15) is 0 Å². The topological polar surface area (TPSA) is 136 Å². The summed E-state index contributed by atoms with van der Waals surface area (Å²) < 4.78 is 35.1. The molecule has 0 aromatic carbocycles. The Labute approximate surface area is 220 Å². The number of hydrogen-bond acceptors (Lipinski definition) is 8. The zero-order chi connectivity index (χ0) is 27.9. The number of fused-ring (bicyclic) bond motifs is 7. The molecule has 0 aromatic rings. The molecule has 8 atom stereocenters. The van der Waals surface area contributed by atoms with E-state index in [1.54, 1.807) is 26.8 Å². The van der Waals surface area contributed by atoms with Crippen LogP contribution in [0.1, 0.15) is 66.2 Å². The number of ketones is 2. The molecular weight excluding hydrogens is 499 g/mol. The highest BCUT2D eigenvalue weighted by molar-refractivity contribution is 6.01. The largest absolute Gasteiger partial charge is 0.481 e. The zero-order valence-electron chi connectivity index (χ0n) is 22.1. The van der Waals surface area contributed by atoms with E-state index >= 15 is 4.39 Å². The summed E-state index contributed by atoms with van der Waals surface area (Å²) in [5.74, 6) is -4.90. The molecule has 4 fully saturated rings. The van der Waals surface area contributed by atoms with E-state index in [0.29, 0.717) is 24.8 Å². The van der Waals surface area contributed by atoms with Crippen molar-refractivity contribution in [1.82, 2.24) is 0 Å². The highest BCUT2D eigenvalue weighted by Crippen LogP contribution is 2.72. The molecule has 208 valence electrons. The Hall–Kier alpha value is -2.43. The molecule has 5 rings (SSSR count). The quantitative estimate of drug-likeness (QED) is 0.493. The van der Waals surface area contributed by atoms with Gasteiger partial charge in [0, 0.05) is 16.7 Å². The highest BCUT2D eigenvalue weighted by atomic mass is 19.1. The van der Waals surface area contributed by atoms with E-state index in [9.17, 15) is 24.3 Å². The number of alkyl halides is 1. The molecule has 0 aromatic heterocycles. The van der Waals surface area contributed by atoms with Gasteiger partial charge in [-0.3, -0.25) is 19.2 Å². The van der Waals surface area contributed by atoms with Crippen LogP contribution in [0.15, 0.2) is 23.8 Å². The molecule has 1 aliphatic heterocycles. The fourth-order valence-electron chi connectivity index (χ4n) is 8.34. The second-order valence-corrected chi connectivity index (χ2v) is 12.3. The Morgan fingerprint density at radius 3 is 2.55 bits per heavy atom. The predicted molar refractivity (Wildman–Crippen MR) is 129 cm³/mol. The van der Waals surface area contributed by atoms with Crippen LogP contribution in [0, 0.1) is 22.7 Å². The van der Waals surface area contributed by atoms with Gasteiger partial charge in [0.25, 0.3) is 0 Å². The lowest BCUT2D eigenvalue weighted by Gasteiger charge is -2.62. The Morgan fingerprint density at radius 1 is 1.16 bits per heavy atom. The average molecular weight is 535 g/mol. The Morgan fingerprint density at radius 2 is 1.87 bits per heavy atom. The molecule has 1 heterocycles. The van der Waals surface area contributed by atoms with Crippen molar-refractivity contribution < 1.29 is 48.0 Å². The molecule has 38 heavy (non-hydrogen) atoms. The number of carbonyl (C=O) groups excluding carboxylic acids is 3. The first-order valence-corrected chi connectivity index (χ1v) is 13.2. The molecule has 0 bridgehead atoms. The Bertz CT molecular complexity index is 1160. The van der Waals surface area contributed by atoms with E-state index in [-0.39, 0.29) is 18.6 Å². The Kier molecular flexibility index (Phi) is 6.10. The summed E-state index contributed by atoms with van der Waals surface area (Å²) in [6, 6.07) is 0. The van der Waals surface area contributed by atoms with E-state index in [1.807, 2.05) is 6.92 Å². The summed E-state index contributed by atoms with van der Waals surface area (Å²) in [7, 11) is 0. The minimum Gasteiger partial charge on any atom is -0.481 e. The summed E-state index contributed by atoms with van der Waals surface area (Å²) in [4.78, 5) is 48.8. The van der Waals surface area contributed by atoms with E-state index in [2.05, 4.69) is 0 Å². The third kappa shape index (κ3) is 3.52. The van der Waals surface area contributed by atoms with Crippen LogP contribution < -0.4 is 0 Å². The minimum absolute atomic E-state index is 0.0933. The first-order chi connectivity index (χ1) is 17.6. The van der Waals surface area contributed by atoms with Gasteiger partial charge in [-0.1, -0.05) is 18.6 Å². The first-order valence-electron chi connectivity index (χ1n) is 13.2. The van der Waals surface area contributed by atoms with Crippen LogP contribution in [0.4, 0.5) is 4.39 Å². The molecule has 10 heteroatoms. The third-order valence-corrected chi connectivity index (χ3v) is 9.96. The maximum absolute atomic E-state index is 17.4. The number of aliphatic hydroxyl groups excluding tert-OH is 1. The number of ether oxygens (including phenoxy) is 3. The molecule has 3 unspecified atom stereocenters. The maximum atomic E-state index is 17.4. The standard InChI is InChI=1S/C28H35FO9/c1-24(2)37-21-12-18-17-6-5-15-11-16(30)9-10-25(15,3)27(17,29)19(31)13-26(18,4)28(21,38-24)20(32)14-36-23(35)8-7-22(33)34/h9-11,17-19,21,31H,5-8,12-14H2,1-4H3,(H,33,34)/t17?,18?,19-,21+,25-,26-,27?,28+/m0/s1. The summed E-state index contributed by atoms with van der Waals surface area (Å²) in [5, 5.41) is 20.4. The second-order valence-electron chi connectivity index (χ2n) is 12.3. The molecular formula is C28H35FO9. The fraction of sp³-hybridized carbons (Fsp3) is 0.714. The molecule has 9 nitrogen and oxygen atoms in total. The van der Waals surface area contributed by atoms with Crippen molar-refractivity contribution in [3.63, 3.8) is 0 Å². The van der Waals surface area contributed by atoms with Crippen molar-refractivity contribution in [2.75, 3.05) is 6.61 Å². The zero-order valence-corrected chi connectivity index (χ0v) is 22.1. The van der Waals surface area contributed by atoms with Crippen LogP contribution in [-0.2, 0) is 33.4 Å². The number of carboxylic acids is 1. The number of aliphatic carboxylic acids is 1. The van der Waals surface area contributed by atoms with Gasteiger partial charge in [0.1, 0.15) is 0 Å². The van der Waals surface area contributed by atoms with Crippen molar-refractivity contribution in [1.29, 1.82) is 0 Å². The van der Waals surface area contributed by atoms with Crippen molar-refractivity contribution in [3.05, 3.63) is 23.8 Å². The number of carbonyl (C=O) groups is 4. The van der Waals surface area contributed by atoms with Crippen LogP contribution in [0.3, 0.4) is 0 Å². The van der Waals surface area contributed by atoms with Crippen LogP contribution in [-0.4, -0.2) is 69.6 Å². The number of aliphatic hydroxyl groups is 1. The van der Waals surface area contributed by atoms with Gasteiger partial charge < -0.3 is 24.4 Å². The van der Waals surface area contributed by atoms with E-state index in [1.165, 1.54) is 12.2 Å². The minimum atomic E-state index is -2.07. The van der Waals surface area contributed by atoms with Crippen molar-refractivity contribution in [3.8, 4) is 0 Å². The van der Waals surface area contributed by atoms with Gasteiger partial charge in [-0.25, -0.2) is 4.39 Å². The normalized spacial score (nSPS) is 44.4. The van der Waals surface area contributed by atoms with Gasteiger partial charge in [0.05, 0.1) is 25.0 Å². The molecule has 0 amide bonds. The monoisotopic (exact) mass is 534 g/mol. The van der Waals surface area contributed by atoms with Gasteiger partial charge in [0.2, 0.25) is 5.78 Å². The number of esters is 1. The van der Waals surface area contributed by atoms with Gasteiger partial charge in [-0.05, 0) is 64.5 Å².